The Morgan fingerprint density at radius 1 is 1.18 bits per heavy atom. The molecular formula is C10H7F6N. The zero-order valence-electron chi connectivity index (χ0n) is 8.28. The predicted molar refractivity (Wildman–Crippen MR) is 46.8 cm³/mol. The second kappa shape index (κ2) is 3.16. The van der Waals surface area contributed by atoms with Gasteiger partial charge in [-0.25, -0.2) is 13.2 Å². The van der Waals surface area contributed by atoms with E-state index in [1.54, 1.807) is 0 Å². The van der Waals surface area contributed by atoms with Crippen LogP contribution in [0.25, 0.3) is 0 Å². The summed E-state index contributed by atoms with van der Waals surface area (Å²) in [7, 11) is 0. The first-order valence-electron chi connectivity index (χ1n) is 4.62. The van der Waals surface area contributed by atoms with Crippen molar-refractivity contribution in [3.05, 3.63) is 35.1 Å². The first-order valence-corrected chi connectivity index (χ1v) is 4.62. The van der Waals surface area contributed by atoms with E-state index in [9.17, 15) is 26.3 Å². The van der Waals surface area contributed by atoms with Gasteiger partial charge < -0.3 is 5.73 Å². The van der Waals surface area contributed by atoms with Crippen molar-refractivity contribution in [1.82, 2.24) is 0 Å². The summed E-state index contributed by atoms with van der Waals surface area (Å²) in [4.78, 5) is 0. The highest BCUT2D eigenvalue weighted by atomic mass is 19.4. The molecule has 1 atom stereocenters. The Morgan fingerprint density at radius 3 is 2.06 bits per heavy atom. The Kier molecular flexibility index (Phi) is 2.27. The van der Waals surface area contributed by atoms with E-state index in [1.807, 2.05) is 0 Å². The molecule has 1 aromatic rings. The van der Waals surface area contributed by atoms with Crippen molar-refractivity contribution in [2.45, 2.75) is 24.1 Å². The molecule has 0 radical (unpaired) electrons. The molecule has 0 bridgehead atoms. The molecule has 94 valence electrons. The highest BCUT2D eigenvalue weighted by Gasteiger charge is 2.70. The van der Waals surface area contributed by atoms with Crippen LogP contribution < -0.4 is 5.73 Å². The SMILES string of the molecule is NC1(c2ccc(C(F)(F)F)cc2F)CC1(F)F. The van der Waals surface area contributed by atoms with Gasteiger partial charge in [0.05, 0.1) is 5.56 Å². The lowest BCUT2D eigenvalue weighted by molar-refractivity contribution is -0.137. The molecule has 1 nitrogen and oxygen atoms in total. The molecule has 17 heavy (non-hydrogen) atoms. The van der Waals surface area contributed by atoms with Crippen LogP contribution in [-0.4, -0.2) is 5.92 Å². The average molecular weight is 255 g/mol. The second-order valence-electron chi connectivity index (χ2n) is 4.04. The fourth-order valence-corrected chi connectivity index (χ4v) is 1.65. The summed E-state index contributed by atoms with van der Waals surface area (Å²) in [5.74, 6) is -4.63. The molecule has 0 heterocycles. The standard InChI is InChI=1S/C10H7F6N/c11-7-3-5(10(14,15)16)1-2-6(7)8(17)4-9(8,12)13/h1-3H,4,17H2. The van der Waals surface area contributed by atoms with Crippen LogP contribution in [0.4, 0.5) is 26.3 Å². The number of hydrogen-bond donors (Lipinski definition) is 1. The number of rotatable bonds is 1. The van der Waals surface area contributed by atoms with Gasteiger partial charge in [-0.1, -0.05) is 6.07 Å². The van der Waals surface area contributed by atoms with E-state index in [1.165, 1.54) is 0 Å². The topological polar surface area (TPSA) is 26.0 Å². The fraction of sp³-hybridized carbons (Fsp3) is 0.400. The maximum Gasteiger partial charge on any atom is 0.416 e. The van der Waals surface area contributed by atoms with E-state index in [4.69, 9.17) is 5.73 Å². The lowest BCUT2D eigenvalue weighted by Crippen LogP contribution is -2.28. The zero-order valence-corrected chi connectivity index (χ0v) is 8.28. The van der Waals surface area contributed by atoms with Crippen molar-refractivity contribution in [3.8, 4) is 0 Å². The molecule has 0 aromatic heterocycles. The molecule has 1 unspecified atom stereocenters. The Bertz CT molecular complexity index is 466. The lowest BCUT2D eigenvalue weighted by atomic mass is 10.0. The van der Waals surface area contributed by atoms with Crippen molar-refractivity contribution in [2.24, 2.45) is 5.73 Å². The third-order valence-corrected chi connectivity index (χ3v) is 2.81. The maximum absolute atomic E-state index is 13.3. The number of nitrogens with two attached hydrogens (primary N) is 1. The van der Waals surface area contributed by atoms with Gasteiger partial charge in [-0.2, -0.15) is 13.2 Å². The van der Waals surface area contributed by atoms with E-state index in [0.717, 1.165) is 0 Å². The molecule has 2 rings (SSSR count). The van der Waals surface area contributed by atoms with Crippen LogP contribution in [0.1, 0.15) is 17.5 Å². The predicted octanol–water partition coefficient (Wildman–Crippen LogP) is 3.04. The first-order chi connectivity index (χ1) is 7.58. The smallest absolute Gasteiger partial charge is 0.316 e. The van der Waals surface area contributed by atoms with Crippen molar-refractivity contribution in [1.29, 1.82) is 0 Å². The molecule has 0 amide bonds. The summed E-state index contributed by atoms with van der Waals surface area (Å²) in [6.45, 7) is 0. The molecule has 0 spiro atoms. The normalized spacial score (nSPS) is 27.0. The van der Waals surface area contributed by atoms with Gasteiger partial charge in [-0.3, -0.25) is 0 Å². The number of alkyl halides is 5. The van der Waals surface area contributed by atoms with E-state index >= 15 is 0 Å². The highest BCUT2D eigenvalue weighted by Crippen LogP contribution is 2.58. The Balaban J connectivity index is 2.41. The monoisotopic (exact) mass is 255 g/mol. The highest BCUT2D eigenvalue weighted by molar-refractivity contribution is 5.39. The van der Waals surface area contributed by atoms with Crippen molar-refractivity contribution in [3.63, 3.8) is 0 Å². The van der Waals surface area contributed by atoms with Crippen LogP contribution in [0, 0.1) is 5.82 Å². The van der Waals surface area contributed by atoms with Gasteiger partial charge in [0.15, 0.2) is 0 Å². The molecule has 0 saturated heterocycles. The molecule has 1 fully saturated rings. The Morgan fingerprint density at radius 2 is 1.71 bits per heavy atom. The molecule has 2 N–H and O–H groups in total. The summed E-state index contributed by atoms with van der Waals surface area (Å²) >= 11 is 0. The Labute approximate surface area is 92.2 Å². The van der Waals surface area contributed by atoms with Gasteiger partial charge >= 0.3 is 6.18 Å². The largest absolute Gasteiger partial charge is 0.416 e. The third-order valence-electron chi connectivity index (χ3n) is 2.81. The summed E-state index contributed by atoms with van der Waals surface area (Å²) in [6.07, 6.45) is -5.48. The van der Waals surface area contributed by atoms with E-state index in [0.29, 0.717) is 12.1 Å². The van der Waals surface area contributed by atoms with Crippen LogP contribution in [0.15, 0.2) is 18.2 Å². The molecule has 0 aliphatic heterocycles. The molecular weight excluding hydrogens is 248 g/mol. The van der Waals surface area contributed by atoms with Crippen molar-refractivity contribution >= 4 is 0 Å². The van der Waals surface area contributed by atoms with Gasteiger partial charge in [0.1, 0.15) is 11.4 Å². The fourth-order valence-electron chi connectivity index (χ4n) is 1.65. The number of hydrogen-bond acceptors (Lipinski definition) is 1. The molecule has 1 saturated carbocycles. The molecule has 1 aromatic carbocycles. The van der Waals surface area contributed by atoms with Crippen LogP contribution >= 0.6 is 0 Å². The van der Waals surface area contributed by atoms with Crippen molar-refractivity contribution < 1.29 is 26.3 Å². The average Bonchev–Trinajstić information content (AvgIpc) is 2.64. The van der Waals surface area contributed by atoms with Gasteiger partial charge in [0.25, 0.3) is 5.92 Å². The zero-order chi connectivity index (χ0) is 13.1. The van der Waals surface area contributed by atoms with Crippen LogP contribution in [0.2, 0.25) is 0 Å². The number of halogens is 6. The van der Waals surface area contributed by atoms with E-state index < -0.39 is 41.0 Å². The van der Waals surface area contributed by atoms with Gasteiger partial charge in [0.2, 0.25) is 0 Å². The molecule has 1 aliphatic rings. The minimum atomic E-state index is -4.72. The van der Waals surface area contributed by atoms with Crippen LogP contribution in [0.5, 0.6) is 0 Å². The van der Waals surface area contributed by atoms with E-state index in [2.05, 4.69) is 0 Å². The minimum absolute atomic E-state index is 0.179. The molecule has 7 heteroatoms. The van der Waals surface area contributed by atoms with Crippen molar-refractivity contribution in [2.75, 3.05) is 0 Å². The van der Waals surface area contributed by atoms with Crippen LogP contribution in [0.3, 0.4) is 0 Å². The minimum Gasteiger partial charge on any atom is -0.316 e. The summed E-state index contributed by atoms with van der Waals surface area (Å²) < 4.78 is 75.7. The summed E-state index contributed by atoms with van der Waals surface area (Å²) in [5, 5.41) is 0. The van der Waals surface area contributed by atoms with Gasteiger partial charge in [-0.05, 0) is 12.1 Å². The number of benzene rings is 1. The summed E-state index contributed by atoms with van der Waals surface area (Å²) in [6, 6.07) is 1.39. The Hall–Kier alpha value is -1.24. The second-order valence-corrected chi connectivity index (χ2v) is 4.04. The lowest BCUT2D eigenvalue weighted by Gasteiger charge is -2.14. The van der Waals surface area contributed by atoms with E-state index in [-0.39, 0.29) is 6.07 Å². The van der Waals surface area contributed by atoms with Gasteiger partial charge in [0, 0.05) is 12.0 Å². The quantitative estimate of drug-likeness (QED) is 0.767. The third kappa shape index (κ3) is 1.78. The van der Waals surface area contributed by atoms with Gasteiger partial charge in [-0.15, -0.1) is 0 Å². The van der Waals surface area contributed by atoms with Crippen LogP contribution in [-0.2, 0) is 11.7 Å². The first kappa shape index (κ1) is 12.2. The maximum atomic E-state index is 13.3. The molecule has 1 aliphatic carbocycles. The summed E-state index contributed by atoms with van der Waals surface area (Å²) in [5.41, 5.74) is 1.24.